The first-order chi connectivity index (χ1) is 11.1. The van der Waals surface area contributed by atoms with Crippen LogP contribution in [0.4, 0.5) is 5.69 Å². The molecule has 1 N–H and O–H groups in total. The first kappa shape index (κ1) is 14.4. The topological polar surface area (TPSA) is 75.7 Å². The Morgan fingerprint density at radius 1 is 1.17 bits per heavy atom. The second kappa shape index (κ2) is 5.45. The van der Waals surface area contributed by atoms with Crippen molar-refractivity contribution in [3.05, 3.63) is 29.3 Å². The Morgan fingerprint density at radius 3 is 2.65 bits per heavy atom. The van der Waals surface area contributed by atoms with Crippen LogP contribution in [0.2, 0.25) is 0 Å². The number of hydrogen-bond acceptors (Lipinski definition) is 4. The average Bonchev–Trinajstić information content (AvgIpc) is 3.23. The molecule has 2 heterocycles. The van der Waals surface area contributed by atoms with Gasteiger partial charge in [0.1, 0.15) is 0 Å². The summed E-state index contributed by atoms with van der Waals surface area (Å²) in [5.74, 6) is -0.502. The summed E-state index contributed by atoms with van der Waals surface area (Å²) in [5.41, 5.74) is 1.33. The van der Waals surface area contributed by atoms with Crippen LogP contribution in [-0.4, -0.2) is 41.9 Å². The SMILES string of the molecule is O=C(Nc1ccc2c(c1)C(=O)N(CC1CCCO1)C2=O)C1CC1. The summed E-state index contributed by atoms with van der Waals surface area (Å²) in [6.07, 6.45) is 3.61. The number of hydrogen-bond donors (Lipinski definition) is 1. The smallest absolute Gasteiger partial charge is 0.261 e. The van der Waals surface area contributed by atoms with Crippen LogP contribution in [0, 0.1) is 5.92 Å². The highest BCUT2D eigenvalue weighted by Crippen LogP contribution is 2.31. The van der Waals surface area contributed by atoms with E-state index in [1.807, 2.05) is 0 Å². The van der Waals surface area contributed by atoms with Crippen LogP contribution in [0.15, 0.2) is 18.2 Å². The lowest BCUT2D eigenvalue weighted by atomic mass is 10.1. The van der Waals surface area contributed by atoms with Crippen molar-refractivity contribution in [3.8, 4) is 0 Å². The molecule has 1 aromatic rings. The summed E-state index contributed by atoms with van der Waals surface area (Å²) in [6, 6.07) is 4.90. The molecule has 1 aromatic carbocycles. The van der Waals surface area contributed by atoms with Crippen LogP contribution in [-0.2, 0) is 9.53 Å². The van der Waals surface area contributed by atoms with E-state index in [1.54, 1.807) is 18.2 Å². The number of benzene rings is 1. The molecule has 1 atom stereocenters. The molecule has 3 amide bonds. The van der Waals surface area contributed by atoms with Crippen molar-refractivity contribution in [2.75, 3.05) is 18.5 Å². The zero-order valence-corrected chi connectivity index (χ0v) is 12.7. The first-order valence-electron chi connectivity index (χ1n) is 8.06. The molecule has 6 heteroatoms. The summed E-state index contributed by atoms with van der Waals surface area (Å²) >= 11 is 0. The Kier molecular flexibility index (Phi) is 3.41. The highest BCUT2D eigenvalue weighted by molar-refractivity contribution is 6.21. The van der Waals surface area contributed by atoms with E-state index < -0.39 is 0 Å². The number of imide groups is 1. The normalized spacial score (nSPS) is 23.3. The van der Waals surface area contributed by atoms with Crippen LogP contribution in [0.5, 0.6) is 0 Å². The third kappa shape index (κ3) is 2.63. The third-order valence-electron chi connectivity index (χ3n) is 4.60. The van der Waals surface area contributed by atoms with Crippen LogP contribution in [0.3, 0.4) is 0 Å². The fraction of sp³-hybridized carbons (Fsp3) is 0.471. The Hall–Kier alpha value is -2.21. The summed E-state index contributed by atoms with van der Waals surface area (Å²) in [6.45, 7) is 0.987. The van der Waals surface area contributed by atoms with Gasteiger partial charge in [0, 0.05) is 18.2 Å². The predicted molar refractivity (Wildman–Crippen MR) is 82.1 cm³/mol. The Bertz CT molecular complexity index is 690. The zero-order valence-electron chi connectivity index (χ0n) is 12.7. The van der Waals surface area contributed by atoms with Crippen molar-refractivity contribution in [1.82, 2.24) is 4.90 Å². The molecule has 2 aliphatic heterocycles. The fourth-order valence-corrected chi connectivity index (χ4v) is 3.12. The molecule has 23 heavy (non-hydrogen) atoms. The fourth-order valence-electron chi connectivity index (χ4n) is 3.12. The van der Waals surface area contributed by atoms with Gasteiger partial charge in [0.15, 0.2) is 0 Å². The van der Waals surface area contributed by atoms with E-state index in [2.05, 4.69) is 5.32 Å². The van der Waals surface area contributed by atoms with Gasteiger partial charge in [0.25, 0.3) is 11.8 Å². The van der Waals surface area contributed by atoms with E-state index in [0.717, 1.165) is 25.7 Å². The molecular weight excluding hydrogens is 296 g/mol. The number of nitrogens with one attached hydrogen (secondary N) is 1. The van der Waals surface area contributed by atoms with E-state index in [-0.39, 0.29) is 29.7 Å². The summed E-state index contributed by atoms with van der Waals surface area (Å²) in [7, 11) is 0. The largest absolute Gasteiger partial charge is 0.376 e. The number of fused-ring (bicyclic) bond motifs is 1. The number of rotatable bonds is 4. The number of nitrogens with zero attached hydrogens (tertiary/aromatic N) is 1. The highest BCUT2D eigenvalue weighted by atomic mass is 16.5. The lowest BCUT2D eigenvalue weighted by Crippen LogP contribution is -2.36. The molecular formula is C17H18N2O4. The van der Waals surface area contributed by atoms with Crippen LogP contribution < -0.4 is 5.32 Å². The van der Waals surface area contributed by atoms with Crippen molar-refractivity contribution in [2.24, 2.45) is 5.92 Å². The summed E-state index contributed by atoms with van der Waals surface area (Å²) in [4.78, 5) is 38.0. The molecule has 120 valence electrons. The van der Waals surface area contributed by atoms with E-state index in [9.17, 15) is 14.4 Å². The van der Waals surface area contributed by atoms with Gasteiger partial charge in [0.2, 0.25) is 5.91 Å². The van der Waals surface area contributed by atoms with Gasteiger partial charge in [-0.25, -0.2) is 0 Å². The molecule has 1 unspecified atom stereocenters. The Labute approximate surface area is 133 Å². The van der Waals surface area contributed by atoms with Gasteiger partial charge in [-0.15, -0.1) is 0 Å². The van der Waals surface area contributed by atoms with Gasteiger partial charge in [-0.05, 0) is 43.9 Å². The van der Waals surface area contributed by atoms with E-state index in [1.165, 1.54) is 4.90 Å². The van der Waals surface area contributed by atoms with Crippen molar-refractivity contribution in [2.45, 2.75) is 31.8 Å². The van der Waals surface area contributed by atoms with Crippen molar-refractivity contribution in [3.63, 3.8) is 0 Å². The minimum atomic E-state index is -0.303. The van der Waals surface area contributed by atoms with Gasteiger partial charge >= 0.3 is 0 Å². The van der Waals surface area contributed by atoms with E-state index in [0.29, 0.717) is 30.0 Å². The maximum Gasteiger partial charge on any atom is 0.261 e. The highest BCUT2D eigenvalue weighted by Gasteiger charge is 2.38. The van der Waals surface area contributed by atoms with Crippen molar-refractivity contribution in [1.29, 1.82) is 0 Å². The van der Waals surface area contributed by atoms with Crippen molar-refractivity contribution >= 4 is 23.4 Å². The maximum absolute atomic E-state index is 12.5. The summed E-state index contributed by atoms with van der Waals surface area (Å²) < 4.78 is 5.52. The minimum absolute atomic E-state index is 0.0158. The standard InChI is InChI=1S/C17H18N2O4/c20-15(10-3-4-10)18-11-5-6-13-14(8-11)17(22)19(16(13)21)9-12-2-1-7-23-12/h5-6,8,10,12H,1-4,7,9H2,(H,18,20). The maximum atomic E-state index is 12.5. The molecule has 0 spiro atoms. The van der Waals surface area contributed by atoms with Gasteiger partial charge in [-0.1, -0.05) is 0 Å². The lowest BCUT2D eigenvalue weighted by molar-refractivity contribution is -0.117. The van der Waals surface area contributed by atoms with E-state index >= 15 is 0 Å². The molecule has 0 bridgehead atoms. The number of amides is 3. The average molecular weight is 314 g/mol. The molecule has 0 radical (unpaired) electrons. The van der Waals surface area contributed by atoms with Gasteiger partial charge in [-0.2, -0.15) is 0 Å². The van der Waals surface area contributed by atoms with E-state index in [4.69, 9.17) is 4.74 Å². The zero-order chi connectivity index (χ0) is 16.0. The Morgan fingerprint density at radius 2 is 1.96 bits per heavy atom. The van der Waals surface area contributed by atoms with Crippen molar-refractivity contribution < 1.29 is 19.1 Å². The van der Waals surface area contributed by atoms with Crippen LogP contribution in [0.1, 0.15) is 46.4 Å². The predicted octanol–water partition coefficient (Wildman–Crippen LogP) is 1.81. The molecule has 1 aliphatic carbocycles. The third-order valence-corrected chi connectivity index (χ3v) is 4.60. The number of anilines is 1. The molecule has 4 rings (SSSR count). The monoisotopic (exact) mass is 314 g/mol. The minimum Gasteiger partial charge on any atom is -0.376 e. The molecule has 1 saturated heterocycles. The second-order valence-electron chi connectivity index (χ2n) is 6.38. The van der Waals surface area contributed by atoms with Crippen LogP contribution in [0.25, 0.3) is 0 Å². The summed E-state index contributed by atoms with van der Waals surface area (Å²) in [5, 5.41) is 2.81. The first-order valence-corrected chi connectivity index (χ1v) is 8.06. The van der Waals surface area contributed by atoms with Gasteiger partial charge in [-0.3, -0.25) is 19.3 Å². The number of carbonyl (C=O) groups excluding carboxylic acids is 3. The molecule has 3 aliphatic rings. The molecule has 2 fully saturated rings. The van der Waals surface area contributed by atoms with Crippen LogP contribution >= 0.6 is 0 Å². The quantitative estimate of drug-likeness (QED) is 0.860. The lowest BCUT2D eigenvalue weighted by Gasteiger charge is -2.17. The number of ether oxygens (including phenoxy) is 1. The second-order valence-corrected chi connectivity index (χ2v) is 6.38. The van der Waals surface area contributed by atoms with Gasteiger partial charge < -0.3 is 10.1 Å². The molecule has 1 saturated carbocycles. The number of carbonyl (C=O) groups is 3. The molecule has 0 aromatic heterocycles. The molecule has 6 nitrogen and oxygen atoms in total. The Balaban J connectivity index is 1.53. The van der Waals surface area contributed by atoms with Gasteiger partial charge in [0.05, 0.1) is 23.8 Å².